The maximum atomic E-state index is 12.3. The topological polar surface area (TPSA) is 58.1 Å². The van der Waals surface area contributed by atoms with Crippen LogP contribution in [-0.2, 0) is 20.0 Å². The van der Waals surface area contributed by atoms with E-state index in [-0.39, 0.29) is 11.5 Å². The van der Waals surface area contributed by atoms with Crippen molar-refractivity contribution in [2.75, 3.05) is 6.54 Å². The van der Waals surface area contributed by atoms with Crippen LogP contribution >= 0.6 is 0 Å². The first-order valence-corrected chi connectivity index (χ1v) is 6.25. The van der Waals surface area contributed by atoms with Gasteiger partial charge in [-0.2, -0.15) is 0 Å². The molecule has 2 aromatic heterocycles. The number of pyridine rings is 1. The van der Waals surface area contributed by atoms with Crippen LogP contribution in [0.5, 0.6) is 0 Å². The van der Waals surface area contributed by atoms with Crippen LogP contribution in [0, 0.1) is 0 Å². The molecule has 1 N–H and O–H groups in total. The molecule has 0 saturated heterocycles. The molecule has 0 saturated carbocycles. The molecule has 3 heterocycles. The van der Waals surface area contributed by atoms with Gasteiger partial charge in [-0.25, -0.2) is 0 Å². The number of nitrogens with one attached hydrogen (secondary N) is 1. The molecule has 2 aromatic rings. The zero-order chi connectivity index (χ0) is 13.4. The van der Waals surface area contributed by atoms with Gasteiger partial charge in [0.15, 0.2) is 0 Å². The van der Waals surface area contributed by atoms with Crippen molar-refractivity contribution in [3.05, 3.63) is 57.8 Å². The maximum absolute atomic E-state index is 12.3. The molecule has 1 aliphatic heterocycles. The van der Waals surface area contributed by atoms with Crippen LogP contribution in [0.1, 0.15) is 21.5 Å². The van der Waals surface area contributed by atoms with E-state index < -0.39 is 0 Å². The Hall–Kier alpha value is -2.30. The van der Waals surface area contributed by atoms with Crippen molar-refractivity contribution >= 4 is 5.91 Å². The highest BCUT2D eigenvalue weighted by Gasteiger charge is 2.22. The molecule has 3 rings (SSSR count). The fourth-order valence-electron chi connectivity index (χ4n) is 2.45. The summed E-state index contributed by atoms with van der Waals surface area (Å²) in [4.78, 5) is 28.1. The standard InChI is InChI=1S/C14H15N3O2/c1-16-4-2-11(8-16)14(19)17-5-3-10-6-13(18)15-7-12(10)9-17/h2,4,6-8H,3,5,9H2,1H3,(H,15,18). The summed E-state index contributed by atoms with van der Waals surface area (Å²) in [5.41, 5.74) is 2.69. The third kappa shape index (κ3) is 2.19. The summed E-state index contributed by atoms with van der Waals surface area (Å²) in [7, 11) is 1.90. The quantitative estimate of drug-likeness (QED) is 0.825. The zero-order valence-corrected chi connectivity index (χ0v) is 10.7. The van der Waals surface area contributed by atoms with E-state index in [1.54, 1.807) is 12.3 Å². The second kappa shape index (κ2) is 4.42. The summed E-state index contributed by atoms with van der Waals surface area (Å²) >= 11 is 0. The monoisotopic (exact) mass is 257 g/mol. The smallest absolute Gasteiger partial charge is 0.255 e. The lowest BCUT2D eigenvalue weighted by Gasteiger charge is -2.28. The second-order valence-corrected chi connectivity index (χ2v) is 4.89. The van der Waals surface area contributed by atoms with Gasteiger partial charge in [0, 0.05) is 44.8 Å². The Labute approximate surface area is 110 Å². The van der Waals surface area contributed by atoms with Gasteiger partial charge in [0.05, 0.1) is 5.56 Å². The summed E-state index contributed by atoms with van der Waals surface area (Å²) in [5.74, 6) is 0.0393. The summed E-state index contributed by atoms with van der Waals surface area (Å²) in [6.45, 7) is 1.21. The van der Waals surface area contributed by atoms with Crippen LogP contribution in [0.15, 0.2) is 35.5 Å². The number of rotatable bonds is 1. The molecule has 5 nitrogen and oxygen atoms in total. The molecular formula is C14H15N3O2. The third-order valence-electron chi connectivity index (χ3n) is 3.48. The number of aromatic amines is 1. The summed E-state index contributed by atoms with van der Waals surface area (Å²) < 4.78 is 1.86. The van der Waals surface area contributed by atoms with E-state index in [1.807, 2.05) is 35.0 Å². The highest BCUT2D eigenvalue weighted by molar-refractivity contribution is 5.94. The number of amides is 1. The molecule has 0 unspecified atom stereocenters. The summed E-state index contributed by atoms with van der Waals surface area (Å²) in [5, 5.41) is 0. The molecule has 0 aliphatic carbocycles. The predicted molar refractivity (Wildman–Crippen MR) is 70.9 cm³/mol. The van der Waals surface area contributed by atoms with Crippen LogP contribution in [0.25, 0.3) is 0 Å². The average molecular weight is 257 g/mol. The molecular weight excluding hydrogens is 242 g/mol. The fraction of sp³-hybridized carbons (Fsp3) is 0.286. The van der Waals surface area contributed by atoms with E-state index in [0.29, 0.717) is 18.7 Å². The lowest BCUT2D eigenvalue weighted by molar-refractivity contribution is 0.0734. The minimum absolute atomic E-state index is 0.0393. The molecule has 0 fully saturated rings. The van der Waals surface area contributed by atoms with Crippen molar-refractivity contribution in [2.24, 2.45) is 7.05 Å². The van der Waals surface area contributed by atoms with Gasteiger partial charge in [-0.3, -0.25) is 9.59 Å². The van der Waals surface area contributed by atoms with E-state index >= 15 is 0 Å². The maximum Gasteiger partial charge on any atom is 0.255 e. The average Bonchev–Trinajstić information content (AvgIpc) is 2.84. The lowest BCUT2D eigenvalue weighted by atomic mass is 10.0. The lowest BCUT2D eigenvalue weighted by Crippen LogP contribution is -2.36. The van der Waals surface area contributed by atoms with Gasteiger partial charge in [0.1, 0.15) is 0 Å². The van der Waals surface area contributed by atoms with Gasteiger partial charge < -0.3 is 14.5 Å². The number of H-pyrrole nitrogens is 1. The van der Waals surface area contributed by atoms with E-state index in [9.17, 15) is 9.59 Å². The molecule has 0 radical (unpaired) electrons. The summed E-state index contributed by atoms with van der Waals surface area (Å²) in [6, 6.07) is 3.45. The van der Waals surface area contributed by atoms with Crippen molar-refractivity contribution in [3.63, 3.8) is 0 Å². The minimum Gasteiger partial charge on any atom is -0.356 e. The molecule has 0 spiro atoms. The Bertz CT molecular complexity index is 684. The van der Waals surface area contributed by atoms with Gasteiger partial charge in [0.25, 0.3) is 5.91 Å². The van der Waals surface area contributed by atoms with E-state index in [2.05, 4.69) is 4.98 Å². The number of aromatic nitrogens is 2. The Morgan fingerprint density at radius 2 is 2.21 bits per heavy atom. The van der Waals surface area contributed by atoms with Crippen LogP contribution in [-0.4, -0.2) is 26.9 Å². The van der Waals surface area contributed by atoms with Gasteiger partial charge in [-0.05, 0) is 23.6 Å². The van der Waals surface area contributed by atoms with E-state index in [4.69, 9.17) is 0 Å². The second-order valence-electron chi connectivity index (χ2n) is 4.89. The first kappa shape index (κ1) is 11.8. The van der Waals surface area contributed by atoms with Crippen molar-refractivity contribution in [1.29, 1.82) is 0 Å². The molecule has 5 heteroatoms. The minimum atomic E-state index is -0.0819. The zero-order valence-electron chi connectivity index (χ0n) is 10.7. The first-order valence-electron chi connectivity index (χ1n) is 6.25. The van der Waals surface area contributed by atoms with Crippen LogP contribution in [0.3, 0.4) is 0 Å². The predicted octanol–water partition coefficient (Wildman–Crippen LogP) is 0.912. The Balaban J connectivity index is 1.84. The normalized spacial score (nSPS) is 14.3. The SMILES string of the molecule is Cn1ccc(C(=O)N2CCc3cc(=O)[nH]cc3C2)c1. The Kier molecular flexibility index (Phi) is 2.74. The van der Waals surface area contributed by atoms with Gasteiger partial charge in [-0.15, -0.1) is 0 Å². The number of hydrogen-bond donors (Lipinski definition) is 1. The number of hydrogen-bond acceptors (Lipinski definition) is 2. The van der Waals surface area contributed by atoms with Gasteiger partial charge in [-0.1, -0.05) is 0 Å². The number of nitrogens with zero attached hydrogens (tertiary/aromatic N) is 2. The van der Waals surface area contributed by atoms with Crippen LogP contribution < -0.4 is 5.56 Å². The highest BCUT2D eigenvalue weighted by atomic mass is 16.2. The number of carbonyl (C=O) groups is 1. The van der Waals surface area contributed by atoms with Crippen molar-refractivity contribution in [3.8, 4) is 0 Å². The molecule has 1 aliphatic rings. The number of carbonyl (C=O) groups excluding carboxylic acids is 1. The van der Waals surface area contributed by atoms with Crippen molar-refractivity contribution in [1.82, 2.24) is 14.5 Å². The first-order chi connectivity index (χ1) is 9.13. The number of fused-ring (bicyclic) bond motifs is 1. The number of aryl methyl sites for hydroxylation is 1. The molecule has 0 aromatic carbocycles. The third-order valence-corrected chi connectivity index (χ3v) is 3.48. The molecule has 0 atom stereocenters. The van der Waals surface area contributed by atoms with Gasteiger partial charge in [0.2, 0.25) is 5.56 Å². The highest BCUT2D eigenvalue weighted by Crippen LogP contribution is 2.18. The molecule has 19 heavy (non-hydrogen) atoms. The van der Waals surface area contributed by atoms with Gasteiger partial charge >= 0.3 is 0 Å². The molecule has 98 valence electrons. The summed E-state index contributed by atoms with van der Waals surface area (Å²) in [6.07, 6.45) is 6.13. The van der Waals surface area contributed by atoms with Crippen LogP contribution in [0.2, 0.25) is 0 Å². The van der Waals surface area contributed by atoms with Crippen molar-refractivity contribution < 1.29 is 4.79 Å². The van der Waals surface area contributed by atoms with Crippen molar-refractivity contribution in [2.45, 2.75) is 13.0 Å². The van der Waals surface area contributed by atoms with E-state index in [1.165, 1.54) is 0 Å². The Morgan fingerprint density at radius 1 is 1.37 bits per heavy atom. The van der Waals surface area contributed by atoms with E-state index in [0.717, 1.165) is 17.5 Å². The van der Waals surface area contributed by atoms with Crippen LogP contribution in [0.4, 0.5) is 0 Å². The molecule has 1 amide bonds. The Morgan fingerprint density at radius 3 is 2.95 bits per heavy atom. The molecule has 0 bridgehead atoms. The fourth-order valence-corrected chi connectivity index (χ4v) is 2.45. The largest absolute Gasteiger partial charge is 0.356 e.